The summed E-state index contributed by atoms with van der Waals surface area (Å²) in [5, 5.41) is 0. The highest BCUT2D eigenvalue weighted by Crippen LogP contribution is 2.26. The van der Waals surface area contributed by atoms with Crippen LogP contribution in [0.3, 0.4) is 0 Å². The van der Waals surface area contributed by atoms with Crippen LogP contribution >= 0.6 is 0 Å². The van der Waals surface area contributed by atoms with Gasteiger partial charge in [0.2, 0.25) is 10.0 Å². The standard InChI is InChI=1S/C18H17F2NO3S/c19-15-10-16(20)12-17(11-15)25(23,24)21-8-6-14(7-9-21)18(22)13-4-2-1-3-5-13/h1-5,10-12,14H,6-9H2. The first-order chi connectivity index (χ1) is 11.9. The van der Waals surface area contributed by atoms with Crippen molar-refractivity contribution >= 4 is 15.8 Å². The lowest BCUT2D eigenvalue weighted by molar-refractivity contribution is 0.0875. The van der Waals surface area contributed by atoms with Crippen LogP contribution in [0.2, 0.25) is 0 Å². The Labute approximate surface area is 145 Å². The van der Waals surface area contributed by atoms with E-state index in [0.29, 0.717) is 24.5 Å². The number of hydrogen-bond acceptors (Lipinski definition) is 3. The normalized spacial score (nSPS) is 16.7. The average Bonchev–Trinajstić information content (AvgIpc) is 2.61. The van der Waals surface area contributed by atoms with Crippen LogP contribution in [-0.2, 0) is 10.0 Å². The molecule has 0 spiro atoms. The molecule has 0 amide bonds. The Morgan fingerprint density at radius 1 is 0.960 bits per heavy atom. The first-order valence-corrected chi connectivity index (χ1v) is 9.37. The zero-order chi connectivity index (χ0) is 18.0. The van der Waals surface area contributed by atoms with Crippen molar-refractivity contribution in [1.29, 1.82) is 0 Å². The Morgan fingerprint density at radius 2 is 1.52 bits per heavy atom. The number of benzene rings is 2. The van der Waals surface area contributed by atoms with Gasteiger partial charge in [-0.1, -0.05) is 30.3 Å². The smallest absolute Gasteiger partial charge is 0.243 e. The third kappa shape index (κ3) is 3.77. The van der Waals surface area contributed by atoms with E-state index in [2.05, 4.69) is 0 Å². The molecule has 1 aliphatic heterocycles. The van der Waals surface area contributed by atoms with Crippen molar-refractivity contribution in [2.45, 2.75) is 17.7 Å². The van der Waals surface area contributed by atoms with Crippen LogP contribution in [0.25, 0.3) is 0 Å². The van der Waals surface area contributed by atoms with Crippen LogP contribution < -0.4 is 0 Å². The molecule has 1 aliphatic rings. The zero-order valence-electron chi connectivity index (χ0n) is 13.4. The van der Waals surface area contributed by atoms with Gasteiger partial charge in [-0.2, -0.15) is 4.31 Å². The van der Waals surface area contributed by atoms with E-state index in [1.165, 1.54) is 4.31 Å². The number of ketones is 1. The van der Waals surface area contributed by atoms with E-state index in [1.54, 1.807) is 24.3 Å². The Kier molecular flexibility index (Phi) is 4.96. The second-order valence-electron chi connectivity index (χ2n) is 6.01. The molecule has 0 unspecified atom stereocenters. The van der Waals surface area contributed by atoms with Gasteiger partial charge in [-0.05, 0) is 25.0 Å². The molecule has 0 bridgehead atoms. The van der Waals surface area contributed by atoms with Crippen molar-refractivity contribution in [3.63, 3.8) is 0 Å². The molecule has 1 fully saturated rings. The number of rotatable bonds is 4. The summed E-state index contributed by atoms with van der Waals surface area (Å²) in [6.45, 7) is 0.285. The summed E-state index contributed by atoms with van der Waals surface area (Å²) in [7, 11) is -3.98. The summed E-state index contributed by atoms with van der Waals surface area (Å²) in [5.74, 6) is -2.13. The Bertz CT molecular complexity index is 856. The molecule has 0 N–H and O–H groups in total. The third-order valence-electron chi connectivity index (χ3n) is 4.36. The van der Waals surface area contributed by atoms with Crippen LogP contribution in [0.1, 0.15) is 23.2 Å². The van der Waals surface area contributed by atoms with Crippen molar-refractivity contribution in [2.24, 2.45) is 5.92 Å². The topological polar surface area (TPSA) is 54.5 Å². The van der Waals surface area contributed by atoms with Crippen molar-refractivity contribution in [1.82, 2.24) is 4.31 Å². The quantitative estimate of drug-likeness (QED) is 0.782. The summed E-state index contributed by atoms with van der Waals surface area (Å²) in [6.07, 6.45) is 0.759. The molecule has 4 nitrogen and oxygen atoms in total. The average molecular weight is 365 g/mol. The van der Waals surface area contributed by atoms with Gasteiger partial charge in [0.15, 0.2) is 5.78 Å². The van der Waals surface area contributed by atoms with Crippen LogP contribution in [-0.4, -0.2) is 31.6 Å². The minimum atomic E-state index is -3.98. The van der Waals surface area contributed by atoms with E-state index in [1.807, 2.05) is 6.07 Å². The molecular weight excluding hydrogens is 348 g/mol. The summed E-state index contributed by atoms with van der Waals surface area (Å²) >= 11 is 0. The maximum Gasteiger partial charge on any atom is 0.243 e. The van der Waals surface area contributed by atoms with Crippen molar-refractivity contribution in [3.8, 4) is 0 Å². The fourth-order valence-corrected chi connectivity index (χ4v) is 4.54. The predicted molar refractivity (Wildman–Crippen MR) is 88.6 cm³/mol. The van der Waals surface area contributed by atoms with E-state index in [4.69, 9.17) is 0 Å². The molecule has 0 saturated carbocycles. The number of sulfonamides is 1. The molecule has 2 aromatic carbocycles. The molecule has 1 heterocycles. The number of carbonyl (C=O) groups is 1. The van der Waals surface area contributed by atoms with E-state index in [-0.39, 0.29) is 24.8 Å². The number of hydrogen-bond donors (Lipinski definition) is 0. The van der Waals surface area contributed by atoms with Crippen molar-refractivity contribution < 1.29 is 22.0 Å². The van der Waals surface area contributed by atoms with Crippen molar-refractivity contribution in [3.05, 3.63) is 65.7 Å². The SMILES string of the molecule is O=C(c1ccccc1)C1CCN(S(=O)(=O)c2cc(F)cc(F)c2)CC1. The van der Waals surface area contributed by atoms with Crippen LogP contribution in [0.15, 0.2) is 53.4 Å². The number of carbonyl (C=O) groups excluding carboxylic acids is 1. The highest BCUT2D eigenvalue weighted by Gasteiger charge is 2.32. The van der Waals surface area contributed by atoms with Crippen LogP contribution in [0.4, 0.5) is 8.78 Å². The first-order valence-electron chi connectivity index (χ1n) is 7.93. The number of halogens is 2. The van der Waals surface area contributed by atoms with Crippen LogP contribution in [0.5, 0.6) is 0 Å². The summed E-state index contributed by atoms with van der Waals surface area (Å²) in [5.41, 5.74) is 0.607. The largest absolute Gasteiger partial charge is 0.294 e. The molecule has 0 radical (unpaired) electrons. The van der Waals surface area contributed by atoms with Crippen LogP contribution in [0, 0.1) is 17.6 Å². The molecule has 2 aromatic rings. The van der Waals surface area contributed by atoms with Gasteiger partial charge >= 0.3 is 0 Å². The Balaban J connectivity index is 1.72. The fourth-order valence-electron chi connectivity index (χ4n) is 3.02. The molecule has 25 heavy (non-hydrogen) atoms. The van der Waals surface area contributed by atoms with Gasteiger partial charge in [-0.15, -0.1) is 0 Å². The van der Waals surface area contributed by atoms with Gasteiger partial charge in [-0.25, -0.2) is 17.2 Å². The summed E-state index contributed by atoms with van der Waals surface area (Å²) < 4.78 is 52.9. The summed E-state index contributed by atoms with van der Waals surface area (Å²) in [6, 6.07) is 11.1. The van der Waals surface area contributed by atoms with Gasteiger partial charge in [0.25, 0.3) is 0 Å². The monoisotopic (exact) mass is 365 g/mol. The molecule has 3 rings (SSSR count). The van der Waals surface area contributed by atoms with E-state index in [0.717, 1.165) is 12.1 Å². The van der Waals surface area contributed by atoms with Crippen molar-refractivity contribution in [2.75, 3.05) is 13.1 Å². The molecule has 7 heteroatoms. The molecular formula is C18H17F2NO3S. The lowest BCUT2D eigenvalue weighted by Crippen LogP contribution is -2.40. The molecule has 1 saturated heterocycles. The minimum absolute atomic E-state index is 0.00514. The summed E-state index contributed by atoms with van der Waals surface area (Å²) in [4.78, 5) is 12.0. The molecule has 132 valence electrons. The maximum atomic E-state index is 13.3. The highest BCUT2D eigenvalue weighted by atomic mass is 32.2. The van der Waals surface area contributed by atoms with E-state index in [9.17, 15) is 22.0 Å². The highest BCUT2D eigenvalue weighted by molar-refractivity contribution is 7.89. The van der Waals surface area contributed by atoms with E-state index >= 15 is 0 Å². The number of piperidine rings is 1. The van der Waals surface area contributed by atoms with Gasteiger partial charge < -0.3 is 0 Å². The van der Waals surface area contributed by atoms with Gasteiger partial charge in [0, 0.05) is 30.6 Å². The predicted octanol–water partition coefficient (Wildman–Crippen LogP) is 3.25. The zero-order valence-corrected chi connectivity index (χ0v) is 14.2. The molecule has 0 aromatic heterocycles. The second-order valence-corrected chi connectivity index (χ2v) is 7.95. The Hall–Kier alpha value is -2.12. The fraction of sp³-hybridized carbons (Fsp3) is 0.278. The minimum Gasteiger partial charge on any atom is -0.294 e. The second kappa shape index (κ2) is 7.01. The van der Waals surface area contributed by atoms with E-state index < -0.39 is 26.6 Å². The van der Waals surface area contributed by atoms with Gasteiger partial charge in [0.1, 0.15) is 11.6 Å². The lowest BCUT2D eigenvalue weighted by Gasteiger charge is -2.30. The Morgan fingerprint density at radius 3 is 2.08 bits per heavy atom. The third-order valence-corrected chi connectivity index (χ3v) is 6.23. The van der Waals surface area contributed by atoms with Gasteiger partial charge in [-0.3, -0.25) is 4.79 Å². The lowest BCUT2D eigenvalue weighted by atomic mass is 9.90. The van der Waals surface area contributed by atoms with Gasteiger partial charge in [0.05, 0.1) is 4.90 Å². The first kappa shape index (κ1) is 17.7. The molecule has 0 atom stereocenters. The maximum absolute atomic E-state index is 13.3. The number of nitrogens with zero attached hydrogens (tertiary/aromatic N) is 1. The molecule has 0 aliphatic carbocycles. The number of Topliss-reactive ketones (excluding diaryl/α,β-unsaturated/α-hetero) is 1.